The highest BCUT2D eigenvalue weighted by Crippen LogP contribution is 2.33. The monoisotopic (exact) mass is 448 g/mol. The van der Waals surface area contributed by atoms with Crippen molar-refractivity contribution in [3.8, 4) is 27.8 Å². The molecule has 0 radical (unpaired) electrons. The van der Waals surface area contributed by atoms with E-state index in [4.69, 9.17) is 19.3 Å². The summed E-state index contributed by atoms with van der Waals surface area (Å²) in [5, 5.41) is 9.03. The molecule has 2 aromatic heterocycles. The van der Waals surface area contributed by atoms with Crippen LogP contribution in [0.5, 0.6) is 17.2 Å². The first-order chi connectivity index (χ1) is 15.7. The molecule has 1 N–H and O–H groups in total. The number of nitrogens with one attached hydrogen (secondary N) is 1. The quantitative estimate of drug-likeness (QED) is 0.439. The second-order valence-corrected chi connectivity index (χ2v) is 8.56. The molecule has 3 heterocycles. The molecule has 1 aliphatic heterocycles. The number of fused-ring (bicyclic) bond motifs is 1. The Kier molecular flexibility index (Phi) is 5.68. The van der Waals surface area contributed by atoms with Gasteiger partial charge in [0, 0.05) is 12.7 Å². The van der Waals surface area contributed by atoms with E-state index in [0.717, 1.165) is 44.2 Å². The number of aryl methyl sites for hydroxylation is 1. The predicted molar refractivity (Wildman–Crippen MR) is 125 cm³/mol. The van der Waals surface area contributed by atoms with Crippen LogP contribution in [-0.4, -0.2) is 34.6 Å². The molecule has 1 atom stereocenters. The number of para-hydroxylation sites is 2. The third kappa shape index (κ3) is 4.40. The lowest BCUT2D eigenvalue weighted by Gasteiger charge is -2.26. The van der Waals surface area contributed by atoms with E-state index in [-0.39, 0.29) is 6.10 Å². The summed E-state index contributed by atoms with van der Waals surface area (Å²) in [5.74, 6) is 2.42. The minimum absolute atomic E-state index is 0.0831. The number of hydrogen-bond acceptors (Lipinski definition) is 7. The van der Waals surface area contributed by atoms with Crippen LogP contribution in [0.4, 0.5) is 5.13 Å². The number of aromatic nitrogens is 3. The van der Waals surface area contributed by atoms with Gasteiger partial charge in [-0.25, -0.2) is 4.98 Å². The average molecular weight is 449 g/mol. The van der Waals surface area contributed by atoms with Crippen molar-refractivity contribution in [3.05, 3.63) is 72.1 Å². The molecule has 4 aromatic rings. The molecule has 0 bridgehead atoms. The maximum atomic E-state index is 6.05. The molecule has 0 saturated carbocycles. The second kappa shape index (κ2) is 8.92. The minimum atomic E-state index is -0.0831. The summed E-state index contributed by atoms with van der Waals surface area (Å²) < 4.78 is 19.1. The Labute approximate surface area is 190 Å². The highest BCUT2D eigenvalue weighted by molar-refractivity contribution is 7.19. The third-order valence-electron chi connectivity index (χ3n) is 5.21. The molecule has 8 heteroatoms. The van der Waals surface area contributed by atoms with Crippen LogP contribution in [-0.2, 0) is 13.1 Å². The van der Waals surface area contributed by atoms with Gasteiger partial charge >= 0.3 is 0 Å². The van der Waals surface area contributed by atoms with Crippen LogP contribution in [0.15, 0.2) is 60.8 Å². The number of anilines is 1. The van der Waals surface area contributed by atoms with Gasteiger partial charge in [-0.2, -0.15) is 5.10 Å². The van der Waals surface area contributed by atoms with Gasteiger partial charge in [-0.15, -0.1) is 0 Å². The topological polar surface area (TPSA) is 70.4 Å². The van der Waals surface area contributed by atoms with E-state index >= 15 is 0 Å². The second-order valence-electron chi connectivity index (χ2n) is 7.56. The van der Waals surface area contributed by atoms with Crippen LogP contribution in [0.2, 0.25) is 0 Å². The van der Waals surface area contributed by atoms with Crippen molar-refractivity contribution in [2.45, 2.75) is 26.1 Å². The first kappa shape index (κ1) is 20.4. The normalized spacial score (nSPS) is 14.9. The first-order valence-corrected chi connectivity index (χ1v) is 11.3. The highest BCUT2D eigenvalue weighted by Gasteiger charge is 2.22. The fourth-order valence-corrected chi connectivity index (χ4v) is 4.54. The summed E-state index contributed by atoms with van der Waals surface area (Å²) in [4.78, 5) is 5.74. The fourth-order valence-electron chi connectivity index (χ4n) is 3.62. The van der Waals surface area contributed by atoms with Crippen molar-refractivity contribution in [3.63, 3.8) is 0 Å². The average Bonchev–Trinajstić information content (AvgIpc) is 3.43. The molecule has 0 spiro atoms. The molecule has 0 saturated heterocycles. The van der Waals surface area contributed by atoms with E-state index in [0.29, 0.717) is 19.7 Å². The van der Waals surface area contributed by atoms with Crippen molar-refractivity contribution in [1.29, 1.82) is 0 Å². The Morgan fingerprint density at radius 3 is 2.91 bits per heavy atom. The zero-order valence-corrected chi connectivity index (χ0v) is 18.8. The number of ether oxygens (including phenoxy) is 3. The lowest BCUT2D eigenvalue weighted by molar-refractivity contribution is 0.0759. The summed E-state index contributed by atoms with van der Waals surface area (Å²) in [6.45, 7) is 3.81. The van der Waals surface area contributed by atoms with Gasteiger partial charge in [0.05, 0.1) is 24.2 Å². The zero-order valence-electron chi connectivity index (χ0n) is 17.9. The van der Waals surface area contributed by atoms with Crippen LogP contribution in [0.3, 0.4) is 0 Å². The molecule has 2 aromatic carbocycles. The van der Waals surface area contributed by atoms with Gasteiger partial charge in [0.2, 0.25) is 0 Å². The number of hydrogen-bond donors (Lipinski definition) is 1. The highest BCUT2D eigenvalue weighted by atomic mass is 32.1. The van der Waals surface area contributed by atoms with Crippen LogP contribution >= 0.6 is 11.3 Å². The summed E-state index contributed by atoms with van der Waals surface area (Å²) in [5.41, 5.74) is 3.01. The van der Waals surface area contributed by atoms with Gasteiger partial charge in [0.1, 0.15) is 18.1 Å². The summed E-state index contributed by atoms with van der Waals surface area (Å²) in [7, 11) is 1.68. The number of benzene rings is 2. The van der Waals surface area contributed by atoms with Crippen molar-refractivity contribution in [2.75, 3.05) is 19.0 Å². The molecule has 0 fully saturated rings. The standard InChI is InChI=1S/C24H24N4O3S/c1-16-23(32-24(26-16)25-13-17-6-5-7-18(12-17)29-2)20-10-11-28(27-20)14-19-15-30-21-8-3-4-9-22(21)31-19/h3-12,19H,13-15H2,1-2H3,(H,25,26). The smallest absolute Gasteiger partial charge is 0.183 e. The van der Waals surface area contributed by atoms with Gasteiger partial charge < -0.3 is 19.5 Å². The Bertz CT molecular complexity index is 1220. The minimum Gasteiger partial charge on any atom is -0.497 e. The predicted octanol–water partition coefficient (Wildman–Crippen LogP) is 4.78. The van der Waals surface area contributed by atoms with Crippen LogP contribution in [0.1, 0.15) is 11.3 Å². The van der Waals surface area contributed by atoms with Gasteiger partial charge in [0.25, 0.3) is 0 Å². The van der Waals surface area contributed by atoms with Crippen molar-refractivity contribution >= 4 is 16.5 Å². The molecule has 7 nitrogen and oxygen atoms in total. The number of nitrogens with zero attached hydrogens (tertiary/aromatic N) is 3. The van der Waals surface area contributed by atoms with E-state index < -0.39 is 0 Å². The lowest BCUT2D eigenvalue weighted by atomic mass is 10.2. The molecular weight excluding hydrogens is 424 g/mol. The SMILES string of the molecule is COc1cccc(CNc2nc(C)c(-c3ccn(CC4COc5ccccc5O4)n3)s2)c1. The molecule has 32 heavy (non-hydrogen) atoms. The van der Waals surface area contributed by atoms with E-state index in [9.17, 15) is 0 Å². The van der Waals surface area contributed by atoms with Crippen LogP contribution < -0.4 is 19.5 Å². The van der Waals surface area contributed by atoms with Crippen LogP contribution in [0, 0.1) is 6.92 Å². The molecule has 5 rings (SSSR count). The fraction of sp³-hybridized carbons (Fsp3) is 0.250. The Morgan fingerprint density at radius 2 is 2.03 bits per heavy atom. The molecular formula is C24H24N4O3S. The molecule has 0 aliphatic carbocycles. The van der Waals surface area contributed by atoms with Gasteiger partial charge in [-0.1, -0.05) is 35.6 Å². The Hall–Kier alpha value is -3.52. The summed E-state index contributed by atoms with van der Waals surface area (Å²) in [6, 6.07) is 17.8. The molecule has 1 unspecified atom stereocenters. The van der Waals surface area contributed by atoms with Gasteiger partial charge in [0.15, 0.2) is 22.7 Å². The van der Waals surface area contributed by atoms with Crippen molar-refractivity contribution in [1.82, 2.24) is 14.8 Å². The van der Waals surface area contributed by atoms with E-state index in [2.05, 4.69) is 16.4 Å². The Morgan fingerprint density at radius 1 is 1.16 bits per heavy atom. The van der Waals surface area contributed by atoms with Gasteiger partial charge in [-0.3, -0.25) is 4.68 Å². The zero-order chi connectivity index (χ0) is 21.9. The Balaban J connectivity index is 1.24. The number of thiazole rings is 1. The van der Waals surface area contributed by atoms with Gasteiger partial charge in [-0.05, 0) is 42.8 Å². The maximum absolute atomic E-state index is 6.05. The largest absolute Gasteiger partial charge is 0.497 e. The van der Waals surface area contributed by atoms with E-state index in [1.807, 2.05) is 66.3 Å². The summed E-state index contributed by atoms with van der Waals surface area (Å²) >= 11 is 1.61. The van der Waals surface area contributed by atoms with Crippen LogP contribution in [0.25, 0.3) is 10.6 Å². The van der Waals surface area contributed by atoms with E-state index in [1.54, 1.807) is 18.4 Å². The maximum Gasteiger partial charge on any atom is 0.183 e. The van der Waals surface area contributed by atoms with Crippen molar-refractivity contribution < 1.29 is 14.2 Å². The molecule has 164 valence electrons. The molecule has 0 amide bonds. The summed E-state index contributed by atoms with van der Waals surface area (Å²) in [6.07, 6.45) is 1.89. The number of methoxy groups -OCH3 is 1. The molecule has 1 aliphatic rings. The third-order valence-corrected chi connectivity index (χ3v) is 6.34. The number of rotatable bonds is 7. The van der Waals surface area contributed by atoms with Crippen molar-refractivity contribution in [2.24, 2.45) is 0 Å². The lowest BCUT2D eigenvalue weighted by Crippen LogP contribution is -2.33. The van der Waals surface area contributed by atoms with E-state index in [1.165, 1.54) is 0 Å². The first-order valence-electron chi connectivity index (χ1n) is 10.4.